The Morgan fingerprint density at radius 1 is 1.31 bits per heavy atom. The zero-order valence-corrected chi connectivity index (χ0v) is 11.0. The van der Waals surface area contributed by atoms with Gasteiger partial charge in [-0.3, -0.25) is 0 Å². The van der Waals surface area contributed by atoms with Crippen molar-refractivity contribution >= 4 is 11.6 Å². The molecule has 3 heteroatoms. The standard InChI is InChI=1S/C13H21ClN2/c1-13(2,8-9-15)12(16-3)10-4-6-11(14)7-5-10/h4-7,12,16H,8-9,15H2,1-3H3. The van der Waals surface area contributed by atoms with Crippen molar-refractivity contribution in [2.24, 2.45) is 11.1 Å². The Labute approximate surface area is 103 Å². The van der Waals surface area contributed by atoms with E-state index in [9.17, 15) is 0 Å². The monoisotopic (exact) mass is 240 g/mol. The molecular weight excluding hydrogens is 220 g/mol. The lowest BCUT2D eigenvalue weighted by molar-refractivity contribution is 0.239. The second-order valence-corrected chi connectivity index (χ2v) is 5.24. The van der Waals surface area contributed by atoms with Crippen molar-refractivity contribution < 1.29 is 0 Å². The molecule has 0 amide bonds. The van der Waals surface area contributed by atoms with Crippen LogP contribution in [0.5, 0.6) is 0 Å². The summed E-state index contributed by atoms with van der Waals surface area (Å²) in [7, 11) is 1.98. The SMILES string of the molecule is CNC(c1ccc(Cl)cc1)C(C)(C)CCN. The molecule has 0 aliphatic heterocycles. The van der Waals surface area contributed by atoms with Crippen LogP contribution in [0.15, 0.2) is 24.3 Å². The van der Waals surface area contributed by atoms with E-state index in [1.54, 1.807) is 0 Å². The van der Waals surface area contributed by atoms with Crippen LogP contribution in [0.2, 0.25) is 5.02 Å². The molecule has 1 rings (SSSR count). The molecule has 0 radical (unpaired) electrons. The van der Waals surface area contributed by atoms with Gasteiger partial charge < -0.3 is 11.1 Å². The maximum absolute atomic E-state index is 5.89. The molecule has 1 atom stereocenters. The topological polar surface area (TPSA) is 38.0 Å². The number of rotatable bonds is 5. The van der Waals surface area contributed by atoms with Crippen LogP contribution in [0.1, 0.15) is 31.9 Å². The number of hydrogen-bond donors (Lipinski definition) is 2. The zero-order chi connectivity index (χ0) is 12.2. The number of nitrogens with two attached hydrogens (primary N) is 1. The highest BCUT2D eigenvalue weighted by Gasteiger charge is 2.28. The first-order valence-electron chi connectivity index (χ1n) is 5.64. The maximum atomic E-state index is 5.89. The van der Waals surface area contributed by atoms with Crippen molar-refractivity contribution in [1.82, 2.24) is 5.32 Å². The Bertz CT molecular complexity index is 319. The van der Waals surface area contributed by atoms with Gasteiger partial charge in [0, 0.05) is 11.1 Å². The van der Waals surface area contributed by atoms with Gasteiger partial charge in [0.1, 0.15) is 0 Å². The van der Waals surface area contributed by atoms with Gasteiger partial charge in [-0.2, -0.15) is 0 Å². The minimum atomic E-state index is 0.136. The van der Waals surface area contributed by atoms with Crippen LogP contribution in [0, 0.1) is 5.41 Å². The van der Waals surface area contributed by atoms with E-state index in [4.69, 9.17) is 17.3 Å². The van der Waals surface area contributed by atoms with E-state index in [2.05, 4.69) is 31.3 Å². The Balaban J connectivity index is 2.93. The maximum Gasteiger partial charge on any atom is 0.0406 e. The summed E-state index contributed by atoms with van der Waals surface area (Å²) in [5, 5.41) is 4.14. The molecule has 0 aliphatic carbocycles. The van der Waals surface area contributed by atoms with Crippen LogP contribution in [0.3, 0.4) is 0 Å². The molecule has 0 heterocycles. The van der Waals surface area contributed by atoms with E-state index >= 15 is 0 Å². The molecule has 1 aromatic carbocycles. The second kappa shape index (κ2) is 5.67. The number of halogens is 1. The third-order valence-corrected chi connectivity index (χ3v) is 3.31. The Morgan fingerprint density at radius 3 is 2.31 bits per heavy atom. The van der Waals surface area contributed by atoms with E-state index in [1.165, 1.54) is 5.56 Å². The molecule has 0 fully saturated rings. The Hall–Kier alpha value is -0.570. The molecule has 0 saturated heterocycles. The fourth-order valence-electron chi connectivity index (χ4n) is 2.18. The summed E-state index contributed by atoms with van der Waals surface area (Å²) in [6.45, 7) is 5.17. The molecule has 16 heavy (non-hydrogen) atoms. The van der Waals surface area contributed by atoms with E-state index in [0.29, 0.717) is 12.6 Å². The zero-order valence-electron chi connectivity index (χ0n) is 10.3. The largest absolute Gasteiger partial charge is 0.330 e. The summed E-state index contributed by atoms with van der Waals surface area (Å²) >= 11 is 5.89. The van der Waals surface area contributed by atoms with E-state index < -0.39 is 0 Å². The first kappa shape index (κ1) is 13.5. The van der Waals surface area contributed by atoms with Gasteiger partial charge in [-0.1, -0.05) is 37.6 Å². The van der Waals surface area contributed by atoms with Crippen molar-refractivity contribution in [3.63, 3.8) is 0 Å². The highest BCUT2D eigenvalue weighted by Crippen LogP contribution is 2.36. The molecule has 0 spiro atoms. The summed E-state index contributed by atoms with van der Waals surface area (Å²) < 4.78 is 0. The fourth-order valence-corrected chi connectivity index (χ4v) is 2.31. The predicted molar refractivity (Wildman–Crippen MR) is 70.7 cm³/mol. The van der Waals surface area contributed by atoms with Crippen molar-refractivity contribution in [2.45, 2.75) is 26.3 Å². The van der Waals surface area contributed by atoms with Gasteiger partial charge in [0.2, 0.25) is 0 Å². The second-order valence-electron chi connectivity index (χ2n) is 4.80. The van der Waals surface area contributed by atoms with Crippen molar-refractivity contribution in [3.8, 4) is 0 Å². The molecule has 0 aromatic heterocycles. The average Bonchev–Trinajstić information content (AvgIpc) is 2.21. The lowest BCUT2D eigenvalue weighted by Gasteiger charge is -2.34. The predicted octanol–water partition coefficient (Wildman–Crippen LogP) is 2.98. The third-order valence-electron chi connectivity index (χ3n) is 3.06. The van der Waals surface area contributed by atoms with Crippen LogP contribution in [-0.2, 0) is 0 Å². The highest BCUT2D eigenvalue weighted by atomic mass is 35.5. The summed E-state index contributed by atoms with van der Waals surface area (Å²) in [5.74, 6) is 0. The molecule has 3 N–H and O–H groups in total. The van der Waals surface area contributed by atoms with Crippen LogP contribution in [0.4, 0.5) is 0 Å². The molecule has 0 bridgehead atoms. The van der Waals surface area contributed by atoms with Gasteiger partial charge in [0.15, 0.2) is 0 Å². The van der Waals surface area contributed by atoms with Gasteiger partial charge >= 0.3 is 0 Å². The van der Waals surface area contributed by atoms with Crippen LogP contribution in [-0.4, -0.2) is 13.6 Å². The molecule has 1 unspecified atom stereocenters. The molecule has 0 saturated carbocycles. The van der Waals surface area contributed by atoms with E-state index in [-0.39, 0.29) is 5.41 Å². The summed E-state index contributed by atoms with van der Waals surface area (Å²) in [6, 6.07) is 8.30. The van der Waals surface area contributed by atoms with Crippen LogP contribution < -0.4 is 11.1 Å². The summed E-state index contributed by atoms with van der Waals surface area (Å²) in [5.41, 5.74) is 7.05. The lowest BCUT2D eigenvalue weighted by Crippen LogP contribution is -2.33. The van der Waals surface area contributed by atoms with Crippen molar-refractivity contribution in [3.05, 3.63) is 34.9 Å². The number of nitrogens with one attached hydrogen (secondary N) is 1. The molecule has 2 nitrogen and oxygen atoms in total. The molecular formula is C13H21ClN2. The summed E-state index contributed by atoms with van der Waals surface area (Å²) in [6.07, 6.45) is 0.987. The highest BCUT2D eigenvalue weighted by molar-refractivity contribution is 6.30. The molecule has 1 aromatic rings. The Kier molecular flexibility index (Phi) is 4.78. The van der Waals surface area contributed by atoms with Crippen molar-refractivity contribution in [1.29, 1.82) is 0 Å². The first-order valence-corrected chi connectivity index (χ1v) is 6.02. The normalized spacial score (nSPS) is 13.8. The minimum Gasteiger partial charge on any atom is -0.330 e. The molecule has 90 valence electrons. The number of hydrogen-bond acceptors (Lipinski definition) is 2. The van der Waals surface area contributed by atoms with Crippen LogP contribution in [0.25, 0.3) is 0 Å². The first-order chi connectivity index (χ1) is 7.51. The van der Waals surface area contributed by atoms with Gasteiger partial charge in [0.25, 0.3) is 0 Å². The Morgan fingerprint density at radius 2 is 1.88 bits per heavy atom. The minimum absolute atomic E-state index is 0.136. The molecule has 0 aliphatic rings. The van der Waals surface area contributed by atoms with Gasteiger partial charge in [-0.25, -0.2) is 0 Å². The van der Waals surface area contributed by atoms with E-state index in [1.807, 2.05) is 19.2 Å². The van der Waals surface area contributed by atoms with Gasteiger partial charge in [-0.05, 0) is 43.1 Å². The lowest BCUT2D eigenvalue weighted by atomic mass is 9.78. The quantitative estimate of drug-likeness (QED) is 0.831. The van der Waals surface area contributed by atoms with Gasteiger partial charge in [0.05, 0.1) is 0 Å². The smallest absolute Gasteiger partial charge is 0.0406 e. The van der Waals surface area contributed by atoms with Crippen molar-refractivity contribution in [2.75, 3.05) is 13.6 Å². The fraction of sp³-hybridized carbons (Fsp3) is 0.538. The van der Waals surface area contributed by atoms with Crippen LogP contribution >= 0.6 is 11.6 Å². The number of benzene rings is 1. The summed E-state index contributed by atoms with van der Waals surface area (Å²) in [4.78, 5) is 0. The van der Waals surface area contributed by atoms with Gasteiger partial charge in [-0.15, -0.1) is 0 Å². The average molecular weight is 241 g/mol. The van der Waals surface area contributed by atoms with E-state index in [0.717, 1.165) is 11.4 Å². The third kappa shape index (κ3) is 3.21.